The van der Waals surface area contributed by atoms with Crippen LogP contribution in [0.2, 0.25) is 0 Å². The van der Waals surface area contributed by atoms with Crippen molar-refractivity contribution in [3.8, 4) is 0 Å². The maximum atomic E-state index is 12.5. The molecule has 1 aromatic heterocycles. The van der Waals surface area contributed by atoms with Gasteiger partial charge in [-0.3, -0.25) is 4.79 Å². The molecule has 0 radical (unpaired) electrons. The quantitative estimate of drug-likeness (QED) is 0.841. The molecule has 0 aliphatic carbocycles. The van der Waals surface area contributed by atoms with E-state index in [4.69, 9.17) is 5.73 Å². The van der Waals surface area contributed by atoms with Gasteiger partial charge in [-0.05, 0) is 23.9 Å². The highest BCUT2D eigenvalue weighted by atomic mass is 32.2. The Morgan fingerprint density at radius 1 is 1.38 bits per heavy atom. The van der Waals surface area contributed by atoms with Gasteiger partial charge in [0, 0.05) is 16.8 Å². The van der Waals surface area contributed by atoms with Gasteiger partial charge in [-0.2, -0.15) is 13.2 Å². The third-order valence-corrected chi connectivity index (χ3v) is 4.00. The summed E-state index contributed by atoms with van der Waals surface area (Å²) in [4.78, 5) is 15.9. The lowest BCUT2D eigenvalue weighted by Crippen LogP contribution is -2.14. The molecule has 0 fully saturated rings. The van der Waals surface area contributed by atoms with Crippen LogP contribution in [0.25, 0.3) is 0 Å². The summed E-state index contributed by atoms with van der Waals surface area (Å²) in [7, 11) is 0. The van der Waals surface area contributed by atoms with E-state index >= 15 is 0 Å². The SMILES string of the molecule is NCc1nc(C(=O)Nc2ccccc2SC(F)(F)F)cs1. The number of amides is 1. The van der Waals surface area contributed by atoms with Gasteiger partial charge in [-0.1, -0.05) is 12.1 Å². The Labute approximate surface area is 126 Å². The molecule has 0 atom stereocenters. The number of thiazole rings is 1. The number of thioether (sulfide) groups is 1. The van der Waals surface area contributed by atoms with Gasteiger partial charge >= 0.3 is 5.51 Å². The molecule has 0 spiro atoms. The third kappa shape index (κ3) is 4.45. The summed E-state index contributed by atoms with van der Waals surface area (Å²) in [6.45, 7) is 0.207. The minimum absolute atomic E-state index is 0.0763. The van der Waals surface area contributed by atoms with E-state index in [0.29, 0.717) is 5.01 Å². The molecule has 0 aliphatic rings. The molecule has 0 saturated carbocycles. The van der Waals surface area contributed by atoms with E-state index in [1.807, 2.05) is 0 Å². The number of carbonyl (C=O) groups excluding carboxylic acids is 1. The molecule has 21 heavy (non-hydrogen) atoms. The van der Waals surface area contributed by atoms with E-state index in [9.17, 15) is 18.0 Å². The average Bonchev–Trinajstić information content (AvgIpc) is 2.88. The highest BCUT2D eigenvalue weighted by molar-refractivity contribution is 8.00. The van der Waals surface area contributed by atoms with E-state index in [2.05, 4.69) is 10.3 Å². The van der Waals surface area contributed by atoms with Crippen LogP contribution in [0, 0.1) is 0 Å². The molecule has 1 aromatic carbocycles. The Kier molecular flexibility index (Phi) is 4.86. The molecule has 0 saturated heterocycles. The van der Waals surface area contributed by atoms with Crippen molar-refractivity contribution < 1.29 is 18.0 Å². The van der Waals surface area contributed by atoms with Crippen LogP contribution in [0.5, 0.6) is 0 Å². The maximum absolute atomic E-state index is 12.5. The van der Waals surface area contributed by atoms with E-state index in [0.717, 1.165) is 0 Å². The molecule has 0 bridgehead atoms. The first-order valence-corrected chi connectivity index (χ1v) is 7.39. The topological polar surface area (TPSA) is 68.0 Å². The first-order chi connectivity index (χ1) is 9.89. The Hall–Kier alpha value is -1.58. The molecule has 4 nitrogen and oxygen atoms in total. The Balaban J connectivity index is 2.17. The second kappa shape index (κ2) is 6.46. The molecule has 3 N–H and O–H groups in total. The van der Waals surface area contributed by atoms with Crippen LogP contribution >= 0.6 is 23.1 Å². The molecule has 2 rings (SSSR count). The van der Waals surface area contributed by atoms with Crippen LogP contribution in [0.4, 0.5) is 18.9 Å². The Morgan fingerprint density at radius 3 is 2.71 bits per heavy atom. The number of aromatic nitrogens is 1. The van der Waals surface area contributed by atoms with E-state index in [1.165, 1.54) is 34.9 Å². The minimum atomic E-state index is -4.42. The number of nitrogens with two attached hydrogens (primary N) is 1. The fourth-order valence-corrected chi connectivity index (χ4v) is 2.76. The second-order valence-electron chi connectivity index (χ2n) is 3.83. The van der Waals surface area contributed by atoms with Gasteiger partial charge in [-0.25, -0.2) is 4.98 Å². The zero-order valence-corrected chi connectivity index (χ0v) is 12.1. The van der Waals surface area contributed by atoms with Crippen LogP contribution in [0.1, 0.15) is 15.5 Å². The lowest BCUT2D eigenvalue weighted by molar-refractivity contribution is -0.0328. The lowest BCUT2D eigenvalue weighted by Gasteiger charge is -2.11. The Morgan fingerprint density at radius 2 is 2.10 bits per heavy atom. The van der Waals surface area contributed by atoms with Gasteiger partial charge in [0.25, 0.3) is 5.91 Å². The Bertz CT molecular complexity index is 643. The van der Waals surface area contributed by atoms with Crippen molar-refractivity contribution >= 4 is 34.7 Å². The summed E-state index contributed by atoms with van der Waals surface area (Å²) in [5.41, 5.74) is 1.20. The maximum Gasteiger partial charge on any atom is 0.446 e. The summed E-state index contributed by atoms with van der Waals surface area (Å²) < 4.78 is 37.4. The van der Waals surface area contributed by atoms with Gasteiger partial charge < -0.3 is 11.1 Å². The van der Waals surface area contributed by atoms with Crippen LogP contribution in [0.3, 0.4) is 0 Å². The largest absolute Gasteiger partial charge is 0.446 e. The van der Waals surface area contributed by atoms with Gasteiger partial charge in [0.15, 0.2) is 0 Å². The normalized spacial score (nSPS) is 11.4. The highest BCUT2D eigenvalue weighted by Crippen LogP contribution is 2.40. The first kappa shape index (κ1) is 15.8. The van der Waals surface area contributed by atoms with Crippen LogP contribution in [-0.4, -0.2) is 16.4 Å². The number of para-hydroxylation sites is 1. The average molecular weight is 333 g/mol. The van der Waals surface area contributed by atoms with E-state index in [1.54, 1.807) is 6.07 Å². The van der Waals surface area contributed by atoms with Gasteiger partial charge in [-0.15, -0.1) is 11.3 Å². The zero-order chi connectivity index (χ0) is 15.5. The van der Waals surface area contributed by atoms with Crippen molar-refractivity contribution in [2.24, 2.45) is 5.73 Å². The van der Waals surface area contributed by atoms with Crippen molar-refractivity contribution in [1.29, 1.82) is 0 Å². The summed E-state index contributed by atoms with van der Waals surface area (Å²) >= 11 is 0.942. The predicted octanol–water partition coefficient (Wildman–Crippen LogP) is 3.47. The number of alkyl halides is 3. The monoisotopic (exact) mass is 333 g/mol. The fourth-order valence-electron chi connectivity index (χ4n) is 1.48. The fraction of sp³-hybridized carbons (Fsp3) is 0.167. The minimum Gasteiger partial charge on any atom is -0.325 e. The molecular formula is C12H10F3N3OS2. The number of halogens is 3. The van der Waals surface area contributed by atoms with Crippen molar-refractivity contribution in [3.05, 3.63) is 40.3 Å². The summed E-state index contributed by atoms with van der Waals surface area (Å²) in [6, 6.07) is 5.71. The molecule has 112 valence electrons. The number of hydrogen-bond donors (Lipinski definition) is 2. The number of hydrogen-bond acceptors (Lipinski definition) is 5. The molecule has 0 aliphatic heterocycles. The molecule has 2 aromatic rings. The number of carbonyl (C=O) groups is 1. The molecule has 1 heterocycles. The number of anilines is 1. The molecule has 1 amide bonds. The number of nitrogens with zero attached hydrogens (tertiary/aromatic N) is 1. The molecular weight excluding hydrogens is 323 g/mol. The van der Waals surface area contributed by atoms with Crippen molar-refractivity contribution in [2.75, 3.05) is 5.32 Å². The van der Waals surface area contributed by atoms with E-state index in [-0.39, 0.29) is 34.6 Å². The lowest BCUT2D eigenvalue weighted by atomic mass is 10.3. The van der Waals surface area contributed by atoms with Crippen molar-refractivity contribution in [2.45, 2.75) is 16.9 Å². The standard InChI is InChI=1S/C12H10F3N3OS2/c13-12(14,15)21-9-4-2-1-3-7(9)18-11(19)8-6-20-10(5-16)17-8/h1-4,6H,5,16H2,(H,18,19). The summed E-state index contributed by atoms with van der Waals surface area (Å²) in [6.07, 6.45) is 0. The number of nitrogens with one attached hydrogen (secondary N) is 1. The predicted molar refractivity (Wildman–Crippen MR) is 76.3 cm³/mol. The van der Waals surface area contributed by atoms with Crippen LogP contribution < -0.4 is 11.1 Å². The first-order valence-electron chi connectivity index (χ1n) is 5.69. The molecule has 0 unspecified atom stereocenters. The van der Waals surface area contributed by atoms with Crippen LogP contribution in [-0.2, 0) is 6.54 Å². The third-order valence-electron chi connectivity index (χ3n) is 2.32. The van der Waals surface area contributed by atoms with Crippen LogP contribution in [0.15, 0.2) is 34.5 Å². The molecule has 9 heteroatoms. The summed E-state index contributed by atoms with van der Waals surface area (Å²) in [5.74, 6) is -0.568. The zero-order valence-electron chi connectivity index (χ0n) is 10.5. The van der Waals surface area contributed by atoms with Gasteiger partial charge in [0.1, 0.15) is 10.7 Å². The highest BCUT2D eigenvalue weighted by Gasteiger charge is 2.30. The number of benzene rings is 1. The van der Waals surface area contributed by atoms with Gasteiger partial charge in [0.2, 0.25) is 0 Å². The summed E-state index contributed by atoms with van der Waals surface area (Å²) in [5, 5.41) is 4.52. The number of rotatable bonds is 4. The smallest absolute Gasteiger partial charge is 0.325 e. The van der Waals surface area contributed by atoms with Crippen molar-refractivity contribution in [3.63, 3.8) is 0 Å². The van der Waals surface area contributed by atoms with Crippen molar-refractivity contribution in [1.82, 2.24) is 4.98 Å². The van der Waals surface area contributed by atoms with E-state index < -0.39 is 11.4 Å². The van der Waals surface area contributed by atoms with Gasteiger partial charge in [0.05, 0.1) is 5.69 Å². The second-order valence-corrected chi connectivity index (χ2v) is 5.88.